The van der Waals surface area contributed by atoms with Crippen molar-refractivity contribution in [2.75, 3.05) is 11.9 Å². The molecule has 2 aromatic carbocycles. The van der Waals surface area contributed by atoms with E-state index >= 15 is 0 Å². The Balaban J connectivity index is 2.30. The number of carbonyl (C=O) groups excluding carboxylic acids is 1. The van der Waals surface area contributed by atoms with Gasteiger partial charge in [0.05, 0.1) is 10.0 Å². The number of hydrogen-bond acceptors (Lipinski definition) is 3. The largest absolute Gasteiger partial charge is 0.486 e. The highest BCUT2D eigenvalue weighted by Crippen LogP contribution is 2.35. The van der Waals surface area contributed by atoms with Crippen molar-refractivity contribution in [3.05, 3.63) is 75.3 Å². The van der Waals surface area contributed by atoms with Crippen LogP contribution in [0.2, 0.25) is 10.0 Å². The summed E-state index contributed by atoms with van der Waals surface area (Å²) in [5.74, 6) is -0.181. The van der Waals surface area contributed by atoms with Gasteiger partial charge in [0.2, 0.25) is 0 Å². The summed E-state index contributed by atoms with van der Waals surface area (Å²) in [5, 5.41) is 12.7. The van der Waals surface area contributed by atoms with Crippen LogP contribution in [0.4, 0.5) is 5.69 Å². The number of carbonyl (C=O) groups is 1. The summed E-state index contributed by atoms with van der Waals surface area (Å²) in [5.41, 5.74) is 3.02. The Labute approximate surface area is 168 Å². The lowest BCUT2D eigenvalue weighted by Crippen LogP contribution is -2.14. The summed E-state index contributed by atoms with van der Waals surface area (Å²) >= 11 is 12.4. The molecule has 2 rings (SSSR count). The minimum absolute atomic E-state index is 0.0669. The van der Waals surface area contributed by atoms with Gasteiger partial charge in [-0.25, -0.2) is 0 Å². The second kappa shape index (κ2) is 9.27. The van der Waals surface area contributed by atoms with Crippen LogP contribution in [0.1, 0.15) is 16.7 Å². The molecular formula is C21H18Cl2N2O2. The third-order valence-electron chi connectivity index (χ3n) is 3.68. The maximum absolute atomic E-state index is 12.5. The molecule has 0 heterocycles. The number of nitrogens with one attached hydrogen (secondary N) is 1. The van der Waals surface area contributed by atoms with E-state index in [1.807, 2.05) is 38.1 Å². The fourth-order valence-corrected chi connectivity index (χ4v) is 2.93. The predicted octanol–water partition coefficient (Wildman–Crippen LogP) is 5.72. The number of benzene rings is 2. The van der Waals surface area contributed by atoms with Crippen LogP contribution in [0.3, 0.4) is 0 Å². The van der Waals surface area contributed by atoms with E-state index in [0.717, 1.165) is 11.1 Å². The minimum Gasteiger partial charge on any atom is -0.486 e. The fourth-order valence-electron chi connectivity index (χ4n) is 2.32. The van der Waals surface area contributed by atoms with Crippen LogP contribution in [0.5, 0.6) is 5.75 Å². The summed E-state index contributed by atoms with van der Waals surface area (Å²) in [6.07, 6.45) is 3.00. The normalized spacial score (nSPS) is 10.9. The summed E-state index contributed by atoms with van der Waals surface area (Å²) in [4.78, 5) is 12.5. The lowest BCUT2D eigenvalue weighted by molar-refractivity contribution is -0.112. The molecule has 0 radical (unpaired) electrons. The van der Waals surface area contributed by atoms with E-state index in [9.17, 15) is 10.1 Å². The summed E-state index contributed by atoms with van der Waals surface area (Å²) in [7, 11) is 0. The van der Waals surface area contributed by atoms with Gasteiger partial charge in [0.25, 0.3) is 5.91 Å². The molecule has 1 amide bonds. The maximum Gasteiger partial charge on any atom is 0.266 e. The van der Waals surface area contributed by atoms with Crippen molar-refractivity contribution in [3.8, 4) is 11.8 Å². The van der Waals surface area contributed by atoms with Gasteiger partial charge in [0, 0.05) is 5.69 Å². The number of aryl methyl sites for hydroxylation is 2. The third-order valence-corrected chi connectivity index (χ3v) is 4.24. The molecule has 1 N–H and O–H groups in total. The molecule has 0 saturated heterocycles. The smallest absolute Gasteiger partial charge is 0.266 e. The van der Waals surface area contributed by atoms with Crippen LogP contribution in [-0.4, -0.2) is 12.5 Å². The Hall–Kier alpha value is -2.74. The Kier molecular flexibility index (Phi) is 7.06. The number of nitrogens with zero attached hydrogens (tertiary/aromatic N) is 1. The standard InChI is InChI=1S/C21H18Cl2N2O2/c1-4-7-27-20-17(22)10-15(11-18(20)23)9-16(12-24)21(26)25-19-8-13(2)5-6-14(19)3/h4-6,8-11H,1,7H2,2-3H3,(H,25,26)/b16-9+. The maximum atomic E-state index is 12.5. The van der Waals surface area contributed by atoms with Crippen LogP contribution in [0.25, 0.3) is 6.08 Å². The van der Waals surface area contributed by atoms with E-state index in [2.05, 4.69) is 11.9 Å². The molecule has 0 bridgehead atoms. The van der Waals surface area contributed by atoms with Gasteiger partial charge in [0.1, 0.15) is 18.2 Å². The van der Waals surface area contributed by atoms with Crippen molar-refractivity contribution < 1.29 is 9.53 Å². The van der Waals surface area contributed by atoms with Gasteiger partial charge in [-0.15, -0.1) is 0 Å². The monoisotopic (exact) mass is 400 g/mol. The molecule has 4 nitrogen and oxygen atoms in total. The molecule has 0 saturated carbocycles. The zero-order valence-corrected chi connectivity index (χ0v) is 16.5. The highest BCUT2D eigenvalue weighted by atomic mass is 35.5. The first-order valence-corrected chi connectivity index (χ1v) is 8.84. The molecule has 138 valence electrons. The number of rotatable bonds is 6. The molecule has 2 aromatic rings. The second-order valence-electron chi connectivity index (χ2n) is 5.86. The first-order valence-electron chi connectivity index (χ1n) is 8.09. The molecule has 0 fully saturated rings. The molecule has 0 spiro atoms. The lowest BCUT2D eigenvalue weighted by atomic mass is 10.1. The van der Waals surface area contributed by atoms with Gasteiger partial charge < -0.3 is 10.1 Å². The molecule has 0 aromatic heterocycles. The van der Waals surface area contributed by atoms with Crippen LogP contribution in [0.15, 0.2) is 48.6 Å². The number of amides is 1. The molecule has 0 aliphatic heterocycles. The van der Waals surface area contributed by atoms with E-state index in [-0.39, 0.29) is 22.2 Å². The fraction of sp³-hybridized carbons (Fsp3) is 0.143. The molecule has 0 unspecified atom stereocenters. The van der Waals surface area contributed by atoms with E-state index in [1.165, 1.54) is 6.08 Å². The summed E-state index contributed by atoms with van der Waals surface area (Å²) < 4.78 is 5.41. The van der Waals surface area contributed by atoms with Gasteiger partial charge in [-0.2, -0.15) is 5.26 Å². The van der Waals surface area contributed by atoms with Crippen molar-refractivity contribution in [1.82, 2.24) is 0 Å². The second-order valence-corrected chi connectivity index (χ2v) is 6.67. The zero-order valence-electron chi connectivity index (χ0n) is 15.0. The highest BCUT2D eigenvalue weighted by Gasteiger charge is 2.13. The van der Waals surface area contributed by atoms with Gasteiger partial charge in [-0.3, -0.25) is 4.79 Å². The van der Waals surface area contributed by atoms with Crippen molar-refractivity contribution in [2.24, 2.45) is 0 Å². The van der Waals surface area contributed by atoms with Crippen molar-refractivity contribution in [2.45, 2.75) is 13.8 Å². The Bertz CT molecular complexity index is 936. The minimum atomic E-state index is -0.509. The van der Waals surface area contributed by atoms with E-state index in [0.29, 0.717) is 17.0 Å². The van der Waals surface area contributed by atoms with Gasteiger partial charge in [-0.1, -0.05) is 48.0 Å². The number of nitriles is 1. The highest BCUT2D eigenvalue weighted by molar-refractivity contribution is 6.37. The zero-order chi connectivity index (χ0) is 20.0. The number of hydrogen-bond donors (Lipinski definition) is 1. The molecule has 6 heteroatoms. The molecular weight excluding hydrogens is 383 g/mol. The van der Waals surface area contributed by atoms with Gasteiger partial charge in [0.15, 0.2) is 5.75 Å². The molecule has 27 heavy (non-hydrogen) atoms. The summed E-state index contributed by atoms with van der Waals surface area (Å²) in [6, 6.07) is 10.8. The molecule has 0 aliphatic carbocycles. The summed E-state index contributed by atoms with van der Waals surface area (Å²) in [6.45, 7) is 7.64. The van der Waals surface area contributed by atoms with Crippen LogP contribution < -0.4 is 10.1 Å². The Morgan fingerprint density at radius 3 is 2.52 bits per heavy atom. The van der Waals surface area contributed by atoms with Crippen LogP contribution >= 0.6 is 23.2 Å². The van der Waals surface area contributed by atoms with Crippen molar-refractivity contribution in [1.29, 1.82) is 5.26 Å². The van der Waals surface area contributed by atoms with Gasteiger partial charge >= 0.3 is 0 Å². The average molecular weight is 401 g/mol. The third kappa shape index (κ3) is 5.37. The van der Waals surface area contributed by atoms with Crippen molar-refractivity contribution in [3.63, 3.8) is 0 Å². The van der Waals surface area contributed by atoms with Crippen LogP contribution in [0, 0.1) is 25.2 Å². The Morgan fingerprint density at radius 2 is 1.93 bits per heavy atom. The average Bonchev–Trinajstić information content (AvgIpc) is 2.62. The SMILES string of the molecule is C=CCOc1c(Cl)cc(/C=C(\C#N)C(=O)Nc2cc(C)ccc2C)cc1Cl. The number of ether oxygens (including phenoxy) is 1. The van der Waals surface area contributed by atoms with Gasteiger partial charge in [-0.05, 0) is 54.8 Å². The first kappa shape index (κ1) is 20.6. The number of halogens is 2. The lowest BCUT2D eigenvalue weighted by Gasteiger charge is -2.10. The molecule has 0 aliphatic rings. The topological polar surface area (TPSA) is 62.1 Å². The number of anilines is 1. The quantitative estimate of drug-likeness (QED) is 0.383. The first-order chi connectivity index (χ1) is 12.8. The van der Waals surface area contributed by atoms with E-state index < -0.39 is 5.91 Å². The van der Waals surface area contributed by atoms with E-state index in [1.54, 1.807) is 18.2 Å². The van der Waals surface area contributed by atoms with Crippen LogP contribution in [-0.2, 0) is 4.79 Å². The molecule has 0 atom stereocenters. The predicted molar refractivity (Wildman–Crippen MR) is 110 cm³/mol. The van der Waals surface area contributed by atoms with E-state index in [4.69, 9.17) is 27.9 Å². The van der Waals surface area contributed by atoms with Crippen molar-refractivity contribution >= 4 is 40.9 Å². The Morgan fingerprint density at radius 1 is 1.26 bits per heavy atom.